The van der Waals surface area contributed by atoms with Gasteiger partial charge in [-0.3, -0.25) is 9.89 Å². The van der Waals surface area contributed by atoms with Crippen LogP contribution in [0.1, 0.15) is 51.4 Å². The minimum Gasteiger partial charge on any atom is -0.345 e. The number of nitrogens with zero attached hydrogens (tertiary/aromatic N) is 2. The van der Waals surface area contributed by atoms with Gasteiger partial charge in [0.1, 0.15) is 12.2 Å². The zero-order valence-corrected chi connectivity index (χ0v) is 11.0. The molecular formula is C12H21N5O. The van der Waals surface area contributed by atoms with Crippen molar-refractivity contribution in [1.29, 1.82) is 0 Å². The van der Waals surface area contributed by atoms with E-state index in [2.05, 4.69) is 32.7 Å². The Balaban J connectivity index is 2.01. The zero-order valence-electron chi connectivity index (χ0n) is 11.0. The van der Waals surface area contributed by atoms with Crippen molar-refractivity contribution >= 4 is 5.91 Å². The monoisotopic (exact) mass is 251 g/mol. The number of hydrogen-bond donors (Lipinski definition) is 3. The van der Waals surface area contributed by atoms with Crippen molar-refractivity contribution in [3.05, 3.63) is 12.2 Å². The number of carbonyl (C=O) groups is 1. The van der Waals surface area contributed by atoms with E-state index < -0.39 is 0 Å². The fourth-order valence-electron chi connectivity index (χ4n) is 2.58. The van der Waals surface area contributed by atoms with Crippen LogP contribution >= 0.6 is 0 Å². The van der Waals surface area contributed by atoms with Gasteiger partial charge in [0.2, 0.25) is 5.91 Å². The molecule has 100 valence electrons. The second-order valence-electron chi connectivity index (χ2n) is 4.93. The SMILES string of the molecule is CCCC1(C(=O)NC(C)c2ncn[nH]2)CCCN1. The van der Waals surface area contributed by atoms with Crippen LogP contribution in [-0.4, -0.2) is 33.2 Å². The van der Waals surface area contributed by atoms with Gasteiger partial charge in [0, 0.05) is 0 Å². The summed E-state index contributed by atoms with van der Waals surface area (Å²) in [5, 5.41) is 13.0. The average Bonchev–Trinajstić information content (AvgIpc) is 3.00. The highest BCUT2D eigenvalue weighted by molar-refractivity contribution is 5.86. The Labute approximate surface area is 107 Å². The third-order valence-corrected chi connectivity index (χ3v) is 3.55. The molecule has 1 aliphatic rings. The van der Waals surface area contributed by atoms with Crippen LogP contribution in [0.3, 0.4) is 0 Å². The molecule has 1 amide bonds. The first-order chi connectivity index (χ1) is 8.68. The Kier molecular flexibility index (Phi) is 3.96. The quantitative estimate of drug-likeness (QED) is 0.726. The molecule has 0 spiro atoms. The molecule has 0 aromatic carbocycles. The first kappa shape index (κ1) is 13.0. The van der Waals surface area contributed by atoms with E-state index in [1.807, 2.05) is 6.92 Å². The molecule has 1 aromatic rings. The minimum absolute atomic E-state index is 0.0748. The lowest BCUT2D eigenvalue weighted by Gasteiger charge is -2.29. The van der Waals surface area contributed by atoms with Gasteiger partial charge < -0.3 is 10.6 Å². The van der Waals surface area contributed by atoms with Gasteiger partial charge in [0.25, 0.3) is 0 Å². The topological polar surface area (TPSA) is 82.7 Å². The minimum atomic E-state index is -0.386. The van der Waals surface area contributed by atoms with Crippen molar-refractivity contribution < 1.29 is 4.79 Å². The van der Waals surface area contributed by atoms with Crippen molar-refractivity contribution in [2.24, 2.45) is 0 Å². The molecule has 0 saturated carbocycles. The highest BCUT2D eigenvalue weighted by Crippen LogP contribution is 2.25. The molecule has 2 atom stereocenters. The van der Waals surface area contributed by atoms with E-state index in [4.69, 9.17) is 0 Å². The molecular weight excluding hydrogens is 230 g/mol. The summed E-state index contributed by atoms with van der Waals surface area (Å²) in [5.41, 5.74) is -0.386. The van der Waals surface area contributed by atoms with E-state index in [1.54, 1.807) is 0 Å². The van der Waals surface area contributed by atoms with Gasteiger partial charge >= 0.3 is 0 Å². The Bertz CT molecular complexity index is 383. The largest absolute Gasteiger partial charge is 0.345 e. The second kappa shape index (κ2) is 5.48. The molecule has 3 N–H and O–H groups in total. The molecule has 1 aromatic heterocycles. The molecule has 6 heteroatoms. The van der Waals surface area contributed by atoms with E-state index in [-0.39, 0.29) is 17.5 Å². The van der Waals surface area contributed by atoms with Gasteiger partial charge in [-0.1, -0.05) is 13.3 Å². The summed E-state index contributed by atoms with van der Waals surface area (Å²) >= 11 is 0. The first-order valence-corrected chi connectivity index (χ1v) is 6.59. The Hall–Kier alpha value is -1.43. The standard InChI is InChI=1S/C12H21N5O/c1-3-5-12(6-4-7-14-12)11(18)16-9(2)10-13-8-15-17-10/h8-9,14H,3-7H2,1-2H3,(H,16,18)(H,13,15,17). The fraction of sp³-hybridized carbons (Fsp3) is 0.750. The second-order valence-corrected chi connectivity index (χ2v) is 4.93. The normalized spacial score (nSPS) is 25.0. The van der Waals surface area contributed by atoms with Crippen LogP contribution in [0.4, 0.5) is 0 Å². The lowest BCUT2D eigenvalue weighted by molar-refractivity contribution is -0.128. The summed E-state index contributed by atoms with van der Waals surface area (Å²) in [7, 11) is 0. The number of carbonyl (C=O) groups excluding carboxylic acids is 1. The molecule has 1 saturated heterocycles. The number of rotatable bonds is 5. The van der Waals surface area contributed by atoms with Crippen LogP contribution in [-0.2, 0) is 4.79 Å². The van der Waals surface area contributed by atoms with Gasteiger partial charge in [-0.05, 0) is 32.7 Å². The van der Waals surface area contributed by atoms with Crippen molar-refractivity contribution in [1.82, 2.24) is 25.8 Å². The average molecular weight is 251 g/mol. The number of nitrogens with one attached hydrogen (secondary N) is 3. The molecule has 1 aliphatic heterocycles. The third-order valence-electron chi connectivity index (χ3n) is 3.55. The summed E-state index contributed by atoms with van der Waals surface area (Å²) in [6.07, 6.45) is 5.30. The molecule has 1 fully saturated rings. The predicted molar refractivity (Wildman–Crippen MR) is 67.8 cm³/mol. The molecule has 0 bridgehead atoms. The zero-order chi connectivity index (χ0) is 13.0. The van der Waals surface area contributed by atoms with E-state index in [1.165, 1.54) is 6.33 Å². The maximum absolute atomic E-state index is 12.4. The molecule has 18 heavy (non-hydrogen) atoms. The summed E-state index contributed by atoms with van der Waals surface area (Å²) in [6, 6.07) is -0.142. The molecule has 6 nitrogen and oxygen atoms in total. The lowest BCUT2D eigenvalue weighted by Crippen LogP contribution is -2.53. The van der Waals surface area contributed by atoms with Gasteiger partial charge in [0.15, 0.2) is 0 Å². The van der Waals surface area contributed by atoms with Crippen LogP contribution in [0.5, 0.6) is 0 Å². The van der Waals surface area contributed by atoms with Crippen LogP contribution in [0.15, 0.2) is 6.33 Å². The predicted octanol–water partition coefficient (Wildman–Crippen LogP) is 0.904. The number of aromatic amines is 1. The summed E-state index contributed by atoms with van der Waals surface area (Å²) < 4.78 is 0. The number of amides is 1. The Morgan fingerprint density at radius 2 is 2.50 bits per heavy atom. The van der Waals surface area contributed by atoms with E-state index in [9.17, 15) is 4.79 Å². The van der Waals surface area contributed by atoms with Crippen molar-refractivity contribution in [3.8, 4) is 0 Å². The molecule has 2 rings (SSSR count). The van der Waals surface area contributed by atoms with Gasteiger partial charge in [-0.2, -0.15) is 5.10 Å². The van der Waals surface area contributed by atoms with Crippen LogP contribution in [0.2, 0.25) is 0 Å². The molecule has 0 radical (unpaired) electrons. The third kappa shape index (κ3) is 2.53. The van der Waals surface area contributed by atoms with Crippen LogP contribution in [0, 0.1) is 0 Å². The van der Waals surface area contributed by atoms with E-state index in [0.717, 1.165) is 32.2 Å². The highest BCUT2D eigenvalue weighted by Gasteiger charge is 2.40. The van der Waals surface area contributed by atoms with Crippen molar-refractivity contribution in [2.75, 3.05) is 6.54 Å². The van der Waals surface area contributed by atoms with Gasteiger partial charge in [-0.15, -0.1) is 0 Å². The summed E-state index contributed by atoms with van der Waals surface area (Å²) in [6.45, 7) is 4.94. The fourth-order valence-corrected chi connectivity index (χ4v) is 2.58. The maximum atomic E-state index is 12.4. The number of hydrogen-bond acceptors (Lipinski definition) is 4. The number of aromatic nitrogens is 3. The number of H-pyrrole nitrogens is 1. The van der Waals surface area contributed by atoms with E-state index >= 15 is 0 Å². The highest BCUT2D eigenvalue weighted by atomic mass is 16.2. The smallest absolute Gasteiger partial charge is 0.240 e. The first-order valence-electron chi connectivity index (χ1n) is 6.59. The Morgan fingerprint density at radius 3 is 3.06 bits per heavy atom. The van der Waals surface area contributed by atoms with Gasteiger partial charge in [-0.25, -0.2) is 4.98 Å². The molecule has 0 aliphatic carbocycles. The van der Waals surface area contributed by atoms with E-state index in [0.29, 0.717) is 5.82 Å². The summed E-state index contributed by atoms with van der Waals surface area (Å²) in [4.78, 5) is 16.5. The summed E-state index contributed by atoms with van der Waals surface area (Å²) in [5.74, 6) is 0.763. The van der Waals surface area contributed by atoms with Crippen LogP contribution < -0.4 is 10.6 Å². The molecule has 2 heterocycles. The van der Waals surface area contributed by atoms with Crippen molar-refractivity contribution in [2.45, 2.75) is 51.1 Å². The molecule has 2 unspecified atom stereocenters. The van der Waals surface area contributed by atoms with Crippen molar-refractivity contribution in [3.63, 3.8) is 0 Å². The maximum Gasteiger partial charge on any atom is 0.240 e. The van der Waals surface area contributed by atoms with Gasteiger partial charge in [0.05, 0.1) is 11.6 Å². The van der Waals surface area contributed by atoms with Crippen LogP contribution in [0.25, 0.3) is 0 Å². The Morgan fingerprint density at radius 1 is 1.67 bits per heavy atom. The lowest BCUT2D eigenvalue weighted by atomic mass is 9.90.